The Morgan fingerprint density at radius 3 is 3.04 bits per heavy atom. The average molecular weight is 336 g/mol. The van der Waals surface area contributed by atoms with Gasteiger partial charge in [-0.1, -0.05) is 19.1 Å². The summed E-state index contributed by atoms with van der Waals surface area (Å²) in [6.07, 6.45) is 8.39. The second-order valence-electron chi connectivity index (χ2n) is 7.06. The smallest absolute Gasteiger partial charge is 0.253 e. The number of nitrogens with one attached hydrogen (secondary N) is 2. The van der Waals surface area contributed by atoms with Crippen molar-refractivity contribution in [2.75, 3.05) is 6.54 Å². The Labute approximate surface area is 147 Å². The third-order valence-electron chi connectivity index (χ3n) is 5.05. The van der Waals surface area contributed by atoms with E-state index in [0.29, 0.717) is 12.5 Å². The molecular formula is C20H24N4O. The topological polar surface area (TPSA) is 62.7 Å². The van der Waals surface area contributed by atoms with E-state index in [2.05, 4.69) is 28.4 Å². The van der Waals surface area contributed by atoms with Crippen molar-refractivity contribution in [1.82, 2.24) is 20.1 Å². The fourth-order valence-electron chi connectivity index (χ4n) is 3.77. The molecule has 5 heteroatoms. The maximum atomic E-state index is 12.7. The molecule has 0 spiro atoms. The third kappa shape index (κ3) is 3.18. The van der Waals surface area contributed by atoms with Gasteiger partial charge in [0.1, 0.15) is 0 Å². The van der Waals surface area contributed by atoms with Crippen molar-refractivity contribution in [1.29, 1.82) is 0 Å². The first-order valence-corrected chi connectivity index (χ1v) is 9.10. The molecule has 2 aromatic heterocycles. The van der Waals surface area contributed by atoms with E-state index in [4.69, 9.17) is 0 Å². The van der Waals surface area contributed by atoms with Crippen molar-refractivity contribution in [2.24, 2.45) is 5.92 Å². The maximum absolute atomic E-state index is 12.7. The number of rotatable bonds is 5. The Kier molecular flexibility index (Phi) is 4.30. The summed E-state index contributed by atoms with van der Waals surface area (Å²) in [5.41, 5.74) is 4.46. The Balaban J connectivity index is 1.49. The second kappa shape index (κ2) is 6.75. The van der Waals surface area contributed by atoms with Gasteiger partial charge in [-0.05, 0) is 49.3 Å². The number of para-hydroxylation sites is 1. The van der Waals surface area contributed by atoms with Gasteiger partial charge in [0.05, 0.1) is 11.1 Å². The van der Waals surface area contributed by atoms with E-state index in [1.54, 1.807) is 6.20 Å². The van der Waals surface area contributed by atoms with Gasteiger partial charge in [0.15, 0.2) is 0 Å². The van der Waals surface area contributed by atoms with Crippen molar-refractivity contribution in [3.05, 3.63) is 53.5 Å². The number of benzene rings is 1. The number of aryl methyl sites for hydroxylation is 2. The van der Waals surface area contributed by atoms with Gasteiger partial charge in [0.25, 0.3) is 5.91 Å². The Hall–Kier alpha value is -2.56. The van der Waals surface area contributed by atoms with Gasteiger partial charge < -0.3 is 10.3 Å². The molecule has 0 aliphatic heterocycles. The van der Waals surface area contributed by atoms with Gasteiger partial charge in [-0.15, -0.1) is 0 Å². The van der Waals surface area contributed by atoms with Gasteiger partial charge in [-0.25, -0.2) is 0 Å². The first-order valence-electron chi connectivity index (χ1n) is 9.10. The zero-order valence-corrected chi connectivity index (χ0v) is 14.6. The minimum Gasteiger partial charge on any atom is -0.358 e. The molecule has 5 nitrogen and oxygen atoms in total. The van der Waals surface area contributed by atoms with Gasteiger partial charge in [0, 0.05) is 36.6 Å². The number of hydrogen-bond donors (Lipinski definition) is 2. The molecule has 1 atom stereocenters. The summed E-state index contributed by atoms with van der Waals surface area (Å²) < 4.78 is 1.90. The Morgan fingerprint density at radius 2 is 2.20 bits per heavy atom. The standard InChI is InChI=1S/C20H24N4O/c1-14(13-24-11-5-10-22-24)12-21-20(25)17-8-4-7-16-15-6-2-3-9-18(15)23-19(16)17/h4-5,7-8,10-11,14,23H,2-3,6,9,12-13H2,1H3,(H,21,25). The summed E-state index contributed by atoms with van der Waals surface area (Å²) in [5.74, 6) is 0.316. The van der Waals surface area contributed by atoms with Crippen LogP contribution in [0.25, 0.3) is 10.9 Å². The second-order valence-corrected chi connectivity index (χ2v) is 7.06. The lowest BCUT2D eigenvalue weighted by Crippen LogP contribution is -2.30. The molecule has 0 bridgehead atoms. The normalized spacial score (nSPS) is 15.1. The first-order chi connectivity index (χ1) is 12.2. The Morgan fingerprint density at radius 1 is 1.32 bits per heavy atom. The number of aromatic amines is 1. The van der Waals surface area contributed by atoms with Crippen LogP contribution < -0.4 is 5.32 Å². The predicted octanol–water partition coefficient (Wildman–Crippen LogP) is 3.31. The summed E-state index contributed by atoms with van der Waals surface area (Å²) in [5, 5.41) is 8.52. The van der Waals surface area contributed by atoms with Gasteiger partial charge in [-0.3, -0.25) is 9.48 Å². The summed E-state index contributed by atoms with van der Waals surface area (Å²) in [7, 11) is 0. The minimum absolute atomic E-state index is 0.00323. The molecule has 0 saturated carbocycles. The van der Waals surface area contributed by atoms with Crippen molar-refractivity contribution >= 4 is 16.8 Å². The highest BCUT2D eigenvalue weighted by Crippen LogP contribution is 2.30. The van der Waals surface area contributed by atoms with Crippen molar-refractivity contribution < 1.29 is 4.79 Å². The van der Waals surface area contributed by atoms with E-state index in [-0.39, 0.29) is 5.91 Å². The van der Waals surface area contributed by atoms with Crippen LogP contribution in [0.15, 0.2) is 36.7 Å². The molecule has 0 saturated heterocycles. The largest absolute Gasteiger partial charge is 0.358 e. The van der Waals surface area contributed by atoms with E-state index in [1.807, 2.05) is 29.1 Å². The molecule has 1 aliphatic carbocycles. The van der Waals surface area contributed by atoms with Crippen LogP contribution >= 0.6 is 0 Å². The van der Waals surface area contributed by atoms with E-state index >= 15 is 0 Å². The van der Waals surface area contributed by atoms with E-state index in [1.165, 1.54) is 29.5 Å². The molecule has 4 rings (SSSR count). The highest BCUT2D eigenvalue weighted by molar-refractivity contribution is 6.06. The number of fused-ring (bicyclic) bond motifs is 3. The molecule has 1 unspecified atom stereocenters. The van der Waals surface area contributed by atoms with Crippen LogP contribution in [0.3, 0.4) is 0 Å². The zero-order valence-electron chi connectivity index (χ0n) is 14.6. The highest BCUT2D eigenvalue weighted by atomic mass is 16.1. The highest BCUT2D eigenvalue weighted by Gasteiger charge is 2.19. The molecule has 2 N–H and O–H groups in total. The van der Waals surface area contributed by atoms with Crippen LogP contribution in [0.1, 0.15) is 41.4 Å². The van der Waals surface area contributed by atoms with E-state index < -0.39 is 0 Å². The quantitative estimate of drug-likeness (QED) is 0.751. The van der Waals surface area contributed by atoms with Crippen LogP contribution in [-0.2, 0) is 19.4 Å². The fraction of sp³-hybridized carbons (Fsp3) is 0.400. The molecule has 2 heterocycles. The van der Waals surface area contributed by atoms with Crippen LogP contribution in [0.2, 0.25) is 0 Å². The van der Waals surface area contributed by atoms with Crippen LogP contribution in [0.5, 0.6) is 0 Å². The first kappa shape index (κ1) is 15.9. The third-order valence-corrected chi connectivity index (χ3v) is 5.05. The summed E-state index contributed by atoms with van der Waals surface area (Å²) >= 11 is 0. The predicted molar refractivity (Wildman–Crippen MR) is 98.7 cm³/mol. The van der Waals surface area contributed by atoms with Crippen molar-refractivity contribution in [3.8, 4) is 0 Å². The van der Waals surface area contributed by atoms with Crippen LogP contribution in [0, 0.1) is 5.92 Å². The van der Waals surface area contributed by atoms with E-state index in [9.17, 15) is 4.79 Å². The molecule has 1 aromatic carbocycles. The summed E-state index contributed by atoms with van der Waals surface area (Å²) in [6, 6.07) is 7.96. The zero-order chi connectivity index (χ0) is 17.2. The number of carbonyl (C=O) groups is 1. The monoisotopic (exact) mass is 336 g/mol. The SMILES string of the molecule is CC(CNC(=O)c1cccc2c3c([nH]c12)CCCC3)Cn1cccn1. The maximum Gasteiger partial charge on any atom is 0.253 e. The lowest BCUT2D eigenvalue weighted by molar-refractivity contribution is 0.0948. The number of H-pyrrole nitrogens is 1. The van der Waals surface area contributed by atoms with Crippen LogP contribution in [-0.4, -0.2) is 27.2 Å². The van der Waals surface area contributed by atoms with Crippen molar-refractivity contribution in [3.63, 3.8) is 0 Å². The van der Waals surface area contributed by atoms with Crippen LogP contribution in [0.4, 0.5) is 0 Å². The molecule has 25 heavy (non-hydrogen) atoms. The lowest BCUT2D eigenvalue weighted by Gasteiger charge is -2.13. The van der Waals surface area contributed by atoms with Crippen molar-refractivity contribution in [2.45, 2.75) is 39.2 Å². The summed E-state index contributed by atoms with van der Waals surface area (Å²) in [6.45, 7) is 3.56. The number of carbonyl (C=O) groups excluding carboxylic acids is 1. The van der Waals surface area contributed by atoms with E-state index in [0.717, 1.165) is 30.5 Å². The molecule has 1 aliphatic rings. The lowest BCUT2D eigenvalue weighted by atomic mass is 9.95. The fourth-order valence-corrected chi connectivity index (χ4v) is 3.77. The molecular weight excluding hydrogens is 312 g/mol. The number of nitrogens with zero attached hydrogens (tertiary/aromatic N) is 2. The molecule has 1 amide bonds. The molecule has 0 radical (unpaired) electrons. The molecule has 130 valence electrons. The minimum atomic E-state index is -0.00323. The van der Waals surface area contributed by atoms with Gasteiger partial charge in [-0.2, -0.15) is 5.10 Å². The summed E-state index contributed by atoms with van der Waals surface area (Å²) in [4.78, 5) is 16.2. The Bertz CT molecular complexity index is 879. The molecule has 3 aromatic rings. The number of amides is 1. The average Bonchev–Trinajstić information content (AvgIpc) is 3.26. The molecule has 0 fully saturated rings. The van der Waals surface area contributed by atoms with Gasteiger partial charge >= 0.3 is 0 Å². The number of hydrogen-bond acceptors (Lipinski definition) is 2. The number of aromatic nitrogens is 3. The van der Waals surface area contributed by atoms with Gasteiger partial charge in [0.2, 0.25) is 0 Å².